The van der Waals surface area contributed by atoms with Gasteiger partial charge in [0.25, 0.3) is 0 Å². The molecule has 5 heteroatoms. The van der Waals surface area contributed by atoms with Crippen molar-refractivity contribution in [3.05, 3.63) is 60.2 Å². The number of benzene rings is 2. The summed E-state index contributed by atoms with van der Waals surface area (Å²) in [7, 11) is -4.64. The van der Waals surface area contributed by atoms with Crippen LogP contribution in [-0.2, 0) is 11.0 Å². The molecule has 0 aromatic heterocycles. The Hall–Kier alpha value is -1.45. The lowest BCUT2D eigenvalue weighted by Gasteiger charge is -2.10. The molecule has 31 heavy (non-hydrogen) atoms. The van der Waals surface area contributed by atoms with Crippen molar-refractivity contribution in [2.75, 3.05) is 0 Å². The number of unbranched alkanes of at least 4 members (excludes halogenated alkanes) is 11. The molecule has 2 aromatic rings. The minimum absolute atomic E-state index is 1.21. The highest BCUT2D eigenvalue weighted by atomic mass is 31.2. The molecule has 0 radical (unpaired) electrons. The third-order valence-corrected chi connectivity index (χ3v) is 5.40. The number of hydrogen-bond acceptors (Lipinski definition) is 1. The summed E-state index contributed by atoms with van der Waals surface area (Å²) in [6.07, 6.45) is 18.2. The van der Waals surface area contributed by atoms with E-state index in [0.29, 0.717) is 0 Å². The average molecular weight is 449 g/mol. The molecule has 0 saturated heterocycles. The average Bonchev–Trinajstić information content (AvgIpc) is 2.74. The lowest BCUT2D eigenvalue weighted by molar-refractivity contribution is 0.275. The summed E-state index contributed by atoms with van der Waals surface area (Å²) in [5.41, 5.74) is 4.27. The SMILES string of the molecule is CCCCCCCCCCCCCCc1ccccc1-c1ccccc1.O=P(O)(O)O. The molecular formula is C26H41O4P. The molecule has 0 saturated carbocycles. The smallest absolute Gasteiger partial charge is 0.303 e. The first kappa shape index (κ1) is 27.6. The van der Waals surface area contributed by atoms with Crippen LogP contribution < -0.4 is 0 Å². The third kappa shape index (κ3) is 15.9. The summed E-state index contributed by atoms with van der Waals surface area (Å²) in [4.78, 5) is 21.6. The second kappa shape index (κ2) is 17.1. The summed E-state index contributed by atoms with van der Waals surface area (Å²) in [6.45, 7) is 2.29. The van der Waals surface area contributed by atoms with Gasteiger partial charge >= 0.3 is 7.82 Å². The maximum absolute atomic E-state index is 8.88. The monoisotopic (exact) mass is 448 g/mol. The zero-order valence-corrected chi connectivity index (χ0v) is 20.0. The van der Waals surface area contributed by atoms with Crippen LogP contribution in [-0.4, -0.2) is 14.7 Å². The Labute approximate surface area is 189 Å². The fourth-order valence-corrected chi connectivity index (χ4v) is 3.79. The minimum Gasteiger partial charge on any atom is -0.303 e. The maximum atomic E-state index is 8.88. The zero-order valence-electron chi connectivity index (χ0n) is 19.1. The van der Waals surface area contributed by atoms with Gasteiger partial charge in [-0.2, -0.15) is 0 Å². The van der Waals surface area contributed by atoms with Gasteiger partial charge in [-0.3, -0.25) is 0 Å². The number of rotatable bonds is 14. The lowest BCUT2D eigenvalue weighted by atomic mass is 9.95. The Morgan fingerprint density at radius 1 is 0.613 bits per heavy atom. The van der Waals surface area contributed by atoms with E-state index in [1.807, 2.05) is 0 Å². The second-order valence-electron chi connectivity index (χ2n) is 8.18. The number of hydrogen-bond donors (Lipinski definition) is 3. The molecule has 0 atom stereocenters. The van der Waals surface area contributed by atoms with E-state index in [4.69, 9.17) is 19.2 Å². The Morgan fingerprint density at radius 3 is 1.55 bits per heavy atom. The predicted molar refractivity (Wildman–Crippen MR) is 131 cm³/mol. The molecule has 0 bridgehead atoms. The van der Waals surface area contributed by atoms with Gasteiger partial charge in [-0.05, 0) is 29.5 Å². The zero-order chi connectivity index (χ0) is 22.8. The van der Waals surface area contributed by atoms with Crippen LogP contribution in [0.4, 0.5) is 0 Å². The van der Waals surface area contributed by atoms with Crippen LogP contribution in [0, 0.1) is 0 Å². The van der Waals surface area contributed by atoms with Crippen LogP contribution in [0.15, 0.2) is 54.6 Å². The van der Waals surface area contributed by atoms with Gasteiger partial charge in [0.2, 0.25) is 0 Å². The van der Waals surface area contributed by atoms with Gasteiger partial charge in [0.1, 0.15) is 0 Å². The molecule has 2 rings (SSSR count). The first-order valence-electron chi connectivity index (χ1n) is 11.8. The molecular weight excluding hydrogens is 407 g/mol. The molecule has 0 aliphatic carbocycles. The van der Waals surface area contributed by atoms with E-state index in [-0.39, 0.29) is 0 Å². The van der Waals surface area contributed by atoms with Crippen molar-refractivity contribution < 1.29 is 19.2 Å². The highest BCUT2D eigenvalue weighted by Gasteiger charge is 2.04. The summed E-state index contributed by atoms with van der Waals surface area (Å²) in [5.74, 6) is 0. The van der Waals surface area contributed by atoms with Crippen LogP contribution in [0.5, 0.6) is 0 Å². The van der Waals surface area contributed by atoms with Crippen LogP contribution in [0.3, 0.4) is 0 Å². The topological polar surface area (TPSA) is 77.8 Å². The summed E-state index contributed by atoms with van der Waals surface area (Å²) >= 11 is 0. The van der Waals surface area contributed by atoms with E-state index in [1.165, 1.54) is 100 Å². The van der Waals surface area contributed by atoms with Gasteiger partial charge in [0.15, 0.2) is 0 Å². The molecule has 174 valence electrons. The highest BCUT2D eigenvalue weighted by molar-refractivity contribution is 7.45. The Morgan fingerprint density at radius 2 is 1.03 bits per heavy atom. The molecule has 0 fully saturated rings. The van der Waals surface area contributed by atoms with E-state index >= 15 is 0 Å². The molecule has 0 unspecified atom stereocenters. The predicted octanol–water partition coefficient (Wildman–Crippen LogP) is 7.67. The van der Waals surface area contributed by atoms with Crippen molar-refractivity contribution >= 4 is 7.82 Å². The van der Waals surface area contributed by atoms with Gasteiger partial charge < -0.3 is 14.7 Å². The van der Waals surface area contributed by atoms with E-state index in [0.717, 1.165) is 0 Å². The van der Waals surface area contributed by atoms with Crippen molar-refractivity contribution in [1.29, 1.82) is 0 Å². The van der Waals surface area contributed by atoms with Gasteiger partial charge in [-0.1, -0.05) is 132 Å². The fraction of sp³-hybridized carbons (Fsp3) is 0.538. The lowest BCUT2D eigenvalue weighted by Crippen LogP contribution is -1.91. The first-order chi connectivity index (χ1) is 14.9. The Kier molecular flexibility index (Phi) is 15.3. The van der Waals surface area contributed by atoms with E-state index in [2.05, 4.69) is 61.5 Å². The standard InChI is InChI=1S/C26H38.H3O4P/c1-2-3-4-5-6-7-8-9-10-11-12-14-19-25-22-17-18-23-26(25)24-20-15-13-16-21-24;1-5(2,3)4/h13,15-18,20-23H,2-12,14,19H2,1H3;(H3,1,2,3,4). The maximum Gasteiger partial charge on any atom is 0.466 e. The van der Waals surface area contributed by atoms with E-state index in [1.54, 1.807) is 0 Å². The molecule has 0 amide bonds. The van der Waals surface area contributed by atoms with Gasteiger partial charge in [-0.15, -0.1) is 0 Å². The summed E-state index contributed by atoms with van der Waals surface area (Å²) < 4.78 is 8.88. The molecule has 0 spiro atoms. The normalized spacial score (nSPS) is 11.1. The summed E-state index contributed by atoms with van der Waals surface area (Å²) in [5, 5.41) is 0. The summed E-state index contributed by atoms with van der Waals surface area (Å²) in [6, 6.07) is 19.7. The van der Waals surface area contributed by atoms with Gasteiger partial charge in [0.05, 0.1) is 0 Å². The van der Waals surface area contributed by atoms with Crippen molar-refractivity contribution in [3.63, 3.8) is 0 Å². The van der Waals surface area contributed by atoms with E-state index in [9.17, 15) is 0 Å². The molecule has 4 nitrogen and oxygen atoms in total. The van der Waals surface area contributed by atoms with Crippen molar-refractivity contribution in [2.24, 2.45) is 0 Å². The third-order valence-electron chi connectivity index (χ3n) is 5.40. The van der Waals surface area contributed by atoms with Gasteiger partial charge in [-0.25, -0.2) is 4.57 Å². The number of phosphoric acid groups is 1. The van der Waals surface area contributed by atoms with Crippen LogP contribution in [0.25, 0.3) is 11.1 Å². The Balaban J connectivity index is 0.000000861. The molecule has 0 aliphatic rings. The van der Waals surface area contributed by atoms with Crippen molar-refractivity contribution in [3.8, 4) is 11.1 Å². The molecule has 0 heterocycles. The van der Waals surface area contributed by atoms with Gasteiger partial charge in [0, 0.05) is 0 Å². The van der Waals surface area contributed by atoms with Crippen molar-refractivity contribution in [1.82, 2.24) is 0 Å². The second-order valence-corrected chi connectivity index (χ2v) is 9.20. The molecule has 3 N–H and O–H groups in total. The quantitative estimate of drug-likeness (QED) is 0.205. The largest absolute Gasteiger partial charge is 0.466 e. The fourth-order valence-electron chi connectivity index (χ4n) is 3.79. The van der Waals surface area contributed by atoms with E-state index < -0.39 is 7.82 Å². The molecule has 0 aliphatic heterocycles. The number of aryl methyl sites for hydroxylation is 1. The van der Waals surface area contributed by atoms with Crippen LogP contribution in [0.2, 0.25) is 0 Å². The first-order valence-corrected chi connectivity index (χ1v) is 13.4. The Bertz CT molecular complexity index is 719. The van der Waals surface area contributed by atoms with Crippen LogP contribution >= 0.6 is 7.82 Å². The molecule has 2 aromatic carbocycles. The minimum atomic E-state index is -4.64. The van der Waals surface area contributed by atoms with Crippen molar-refractivity contribution in [2.45, 2.75) is 90.4 Å². The van der Waals surface area contributed by atoms with Crippen LogP contribution in [0.1, 0.15) is 89.5 Å². The highest BCUT2D eigenvalue weighted by Crippen LogP contribution is 2.26.